The third kappa shape index (κ3) is 3.10. The number of H-pyrrole nitrogens is 1. The number of nitrogens with two attached hydrogens (primary N) is 1. The highest BCUT2D eigenvalue weighted by molar-refractivity contribution is 7.80. The van der Waals surface area contributed by atoms with E-state index < -0.39 is 0 Å². The Morgan fingerprint density at radius 2 is 2.33 bits per heavy atom. The van der Waals surface area contributed by atoms with E-state index in [2.05, 4.69) is 10.3 Å². The number of aromatic amines is 1. The first kappa shape index (κ1) is 13.1. The molecule has 2 aromatic rings. The molecule has 7 heteroatoms. The predicted octanol–water partition coefficient (Wildman–Crippen LogP) is 2.34. The molecule has 0 aliphatic heterocycles. The number of thiazole rings is 1. The van der Waals surface area contributed by atoms with E-state index in [1.165, 1.54) is 0 Å². The van der Waals surface area contributed by atoms with Crippen molar-refractivity contribution < 1.29 is 0 Å². The maximum absolute atomic E-state index is 11.0. The van der Waals surface area contributed by atoms with Gasteiger partial charge in [0.1, 0.15) is 4.99 Å². The second kappa shape index (κ2) is 5.51. The quantitative estimate of drug-likeness (QED) is 0.758. The highest BCUT2D eigenvalue weighted by Crippen LogP contribution is 2.21. The van der Waals surface area contributed by atoms with E-state index in [0.717, 1.165) is 22.7 Å². The largest absolute Gasteiger partial charge is 0.389 e. The van der Waals surface area contributed by atoms with Crippen molar-refractivity contribution >= 4 is 45.8 Å². The first-order valence-electron chi connectivity index (χ1n) is 5.06. The van der Waals surface area contributed by atoms with Gasteiger partial charge in [0.15, 0.2) is 0 Å². The summed E-state index contributed by atoms with van der Waals surface area (Å²) in [5, 5.41) is 5.43. The van der Waals surface area contributed by atoms with Gasteiger partial charge in [-0.3, -0.25) is 4.79 Å². The second-order valence-corrected chi connectivity index (χ2v) is 5.28. The summed E-state index contributed by atoms with van der Waals surface area (Å²) < 4.78 is 0. The molecular formula is C11H10ClN3OS2. The number of anilines is 1. The molecule has 0 aliphatic carbocycles. The summed E-state index contributed by atoms with van der Waals surface area (Å²) in [6.45, 7) is 0.529. The molecule has 1 heterocycles. The third-order valence-corrected chi connectivity index (χ3v) is 3.54. The molecule has 1 aromatic heterocycles. The molecule has 1 aromatic carbocycles. The molecule has 0 saturated heterocycles. The second-order valence-electron chi connectivity index (χ2n) is 3.59. The fourth-order valence-electron chi connectivity index (χ4n) is 1.42. The van der Waals surface area contributed by atoms with Gasteiger partial charge in [-0.25, -0.2) is 0 Å². The predicted molar refractivity (Wildman–Crippen MR) is 79.6 cm³/mol. The highest BCUT2D eigenvalue weighted by atomic mass is 35.5. The fraction of sp³-hybridized carbons (Fsp3) is 0.0909. The molecule has 0 amide bonds. The van der Waals surface area contributed by atoms with Crippen molar-refractivity contribution in [1.29, 1.82) is 0 Å². The topological polar surface area (TPSA) is 70.9 Å². The average molecular weight is 300 g/mol. The Morgan fingerprint density at radius 3 is 2.89 bits per heavy atom. The van der Waals surface area contributed by atoms with E-state index >= 15 is 0 Å². The van der Waals surface area contributed by atoms with Crippen LogP contribution in [0.1, 0.15) is 11.3 Å². The normalized spacial score (nSPS) is 10.3. The smallest absolute Gasteiger partial charge is 0.304 e. The van der Waals surface area contributed by atoms with Crippen LogP contribution in [0.3, 0.4) is 0 Å². The van der Waals surface area contributed by atoms with Crippen LogP contribution in [0.15, 0.2) is 28.4 Å². The van der Waals surface area contributed by atoms with Crippen molar-refractivity contribution in [3.05, 3.63) is 49.5 Å². The lowest BCUT2D eigenvalue weighted by Gasteiger charge is -2.07. The summed E-state index contributed by atoms with van der Waals surface area (Å²) in [5.41, 5.74) is 7.85. The van der Waals surface area contributed by atoms with Gasteiger partial charge < -0.3 is 16.0 Å². The Kier molecular flexibility index (Phi) is 4.00. The molecule has 0 atom stereocenters. The Balaban J connectivity index is 2.08. The van der Waals surface area contributed by atoms with Crippen LogP contribution >= 0.6 is 35.2 Å². The van der Waals surface area contributed by atoms with Crippen molar-refractivity contribution in [3.8, 4) is 0 Å². The van der Waals surface area contributed by atoms with E-state index in [-0.39, 0.29) is 9.86 Å². The molecule has 4 nitrogen and oxygen atoms in total. The summed E-state index contributed by atoms with van der Waals surface area (Å²) in [4.78, 5) is 13.9. The van der Waals surface area contributed by atoms with Gasteiger partial charge in [0.05, 0.1) is 11.6 Å². The fourth-order valence-corrected chi connectivity index (χ4v) is 2.52. The van der Waals surface area contributed by atoms with E-state index in [9.17, 15) is 4.79 Å². The molecule has 2 rings (SSSR count). The van der Waals surface area contributed by atoms with Crippen LogP contribution < -0.4 is 15.9 Å². The van der Waals surface area contributed by atoms with Crippen LogP contribution in [-0.4, -0.2) is 9.97 Å². The SMILES string of the molecule is NC(=S)c1ccc(NCc2csc(=O)[nH]2)cc1Cl. The molecule has 94 valence electrons. The minimum absolute atomic E-state index is 0.0614. The molecule has 0 unspecified atom stereocenters. The van der Waals surface area contributed by atoms with E-state index in [0.29, 0.717) is 17.1 Å². The maximum Gasteiger partial charge on any atom is 0.304 e. The van der Waals surface area contributed by atoms with Crippen LogP contribution in [-0.2, 0) is 6.54 Å². The first-order chi connectivity index (χ1) is 8.56. The molecule has 0 radical (unpaired) electrons. The molecule has 0 fully saturated rings. The Hall–Kier alpha value is -1.37. The third-order valence-electron chi connectivity index (χ3n) is 2.29. The zero-order valence-electron chi connectivity index (χ0n) is 9.20. The summed E-state index contributed by atoms with van der Waals surface area (Å²) in [7, 11) is 0. The number of aromatic nitrogens is 1. The van der Waals surface area contributed by atoms with Gasteiger partial charge in [-0.05, 0) is 18.2 Å². The number of hydrogen-bond acceptors (Lipinski definition) is 4. The van der Waals surface area contributed by atoms with Crippen LogP contribution in [0.5, 0.6) is 0 Å². The average Bonchev–Trinajstić information content (AvgIpc) is 2.72. The van der Waals surface area contributed by atoms with Crippen LogP contribution in [0.25, 0.3) is 0 Å². The Morgan fingerprint density at radius 1 is 1.56 bits per heavy atom. The minimum atomic E-state index is -0.0614. The van der Waals surface area contributed by atoms with Gasteiger partial charge in [0, 0.05) is 22.3 Å². The number of rotatable bonds is 4. The summed E-state index contributed by atoms with van der Waals surface area (Å²) in [6, 6.07) is 5.36. The van der Waals surface area contributed by atoms with Crippen LogP contribution in [0.2, 0.25) is 5.02 Å². The summed E-state index contributed by atoms with van der Waals surface area (Å²) in [5.74, 6) is 0. The Bertz CT molecular complexity index is 635. The van der Waals surface area contributed by atoms with Gasteiger partial charge in [-0.2, -0.15) is 0 Å². The van der Waals surface area contributed by atoms with Gasteiger partial charge in [0.25, 0.3) is 0 Å². The highest BCUT2D eigenvalue weighted by Gasteiger charge is 2.04. The number of nitrogens with one attached hydrogen (secondary N) is 2. The molecule has 4 N–H and O–H groups in total. The molecule has 18 heavy (non-hydrogen) atoms. The zero-order chi connectivity index (χ0) is 13.1. The summed E-state index contributed by atoms with van der Waals surface area (Å²) >= 11 is 12.1. The Labute approximate surface area is 118 Å². The van der Waals surface area contributed by atoms with Gasteiger partial charge in [-0.1, -0.05) is 35.2 Å². The van der Waals surface area contributed by atoms with Crippen LogP contribution in [0.4, 0.5) is 5.69 Å². The monoisotopic (exact) mass is 299 g/mol. The minimum Gasteiger partial charge on any atom is -0.389 e. The van der Waals surface area contributed by atoms with Crippen LogP contribution in [0, 0.1) is 0 Å². The first-order valence-corrected chi connectivity index (χ1v) is 6.73. The molecule has 0 aliphatic rings. The van der Waals surface area contributed by atoms with Crippen molar-refractivity contribution in [2.24, 2.45) is 5.73 Å². The van der Waals surface area contributed by atoms with Crippen molar-refractivity contribution in [1.82, 2.24) is 4.98 Å². The van der Waals surface area contributed by atoms with Gasteiger partial charge in [-0.15, -0.1) is 0 Å². The number of thiocarbonyl (C=S) groups is 1. The maximum atomic E-state index is 11.0. The molecule has 0 spiro atoms. The summed E-state index contributed by atoms with van der Waals surface area (Å²) in [6.07, 6.45) is 0. The molecule has 0 bridgehead atoms. The lowest BCUT2D eigenvalue weighted by molar-refractivity contribution is 1.06. The van der Waals surface area contributed by atoms with E-state index in [4.69, 9.17) is 29.6 Å². The zero-order valence-corrected chi connectivity index (χ0v) is 11.6. The lowest BCUT2D eigenvalue weighted by atomic mass is 10.2. The van der Waals surface area contributed by atoms with E-state index in [1.54, 1.807) is 17.5 Å². The molecular weight excluding hydrogens is 290 g/mol. The number of benzene rings is 1. The van der Waals surface area contributed by atoms with Crippen molar-refractivity contribution in [2.45, 2.75) is 6.54 Å². The van der Waals surface area contributed by atoms with E-state index in [1.807, 2.05) is 6.07 Å². The standard InChI is InChI=1S/C11H10ClN3OS2/c12-9-3-6(1-2-8(9)10(13)17)14-4-7-5-18-11(16)15-7/h1-3,5,14H,4H2,(H2,13,17)(H,15,16). The number of halogens is 1. The van der Waals surface area contributed by atoms with Crippen molar-refractivity contribution in [2.75, 3.05) is 5.32 Å². The van der Waals surface area contributed by atoms with Gasteiger partial charge in [0.2, 0.25) is 0 Å². The van der Waals surface area contributed by atoms with Crippen molar-refractivity contribution in [3.63, 3.8) is 0 Å². The number of hydrogen-bond donors (Lipinski definition) is 3. The lowest BCUT2D eigenvalue weighted by Crippen LogP contribution is -2.10. The van der Waals surface area contributed by atoms with Gasteiger partial charge >= 0.3 is 4.87 Å². The molecule has 0 saturated carbocycles.